The van der Waals surface area contributed by atoms with Gasteiger partial charge in [0.2, 0.25) is 0 Å². The Morgan fingerprint density at radius 2 is 1.76 bits per heavy atom. The van der Waals surface area contributed by atoms with Gasteiger partial charge in [-0.3, -0.25) is 0 Å². The summed E-state index contributed by atoms with van der Waals surface area (Å²) in [6.45, 7) is 2.75. The molecule has 1 aromatic heterocycles. The van der Waals surface area contributed by atoms with Crippen LogP contribution < -0.4 is 15.0 Å². The minimum absolute atomic E-state index is 0.666. The summed E-state index contributed by atoms with van der Waals surface area (Å²) in [6.07, 6.45) is 5.21. The van der Waals surface area contributed by atoms with Gasteiger partial charge in [-0.05, 0) is 36.8 Å². The lowest BCUT2D eigenvalue weighted by molar-refractivity contribution is 0.402. The van der Waals surface area contributed by atoms with E-state index in [0.29, 0.717) is 6.54 Å². The Morgan fingerprint density at radius 3 is 2.55 bits per heavy atom. The summed E-state index contributed by atoms with van der Waals surface area (Å²) < 4.78 is 5.42. The Hall–Kier alpha value is -3.08. The summed E-state index contributed by atoms with van der Waals surface area (Å²) in [5.74, 6) is 3.47. The van der Waals surface area contributed by atoms with Crippen LogP contribution in [0.4, 0.5) is 11.6 Å². The molecule has 0 saturated carbocycles. The molecular formula is C24H28N4O. The first kappa shape index (κ1) is 19.2. The SMILES string of the molecule is COc1ccccc1CNc1cc(N2CCC(Cc3ccccc3)CC2)ncn1. The fourth-order valence-electron chi connectivity index (χ4n) is 3.97. The van der Waals surface area contributed by atoms with Crippen LogP contribution in [0.3, 0.4) is 0 Å². The van der Waals surface area contributed by atoms with Crippen molar-refractivity contribution in [3.63, 3.8) is 0 Å². The van der Waals surface area contributed by atoms with E-state index in [4.69, 9.17) is 4.74 Å². The van der Waals surface area contributed by atoms with Crippen molar-refractivity contribution in [3.05, 3.63) is 78.1 Å². The molecule has 1 fully saturated rings. The number of benzene rings is 2. The first-order chi connectivity index (χ1) is 14.3. The normalized spacial score (nSPS) is 14.6. The highest BCUT2D eigenvalue weighted by Crippen LogP contribution is 2.26. The molecule has 150 valence electrons. The molecule has 4 rings (SSSR count). The smallest absolute Gasteiger partial charge is 0.134 e. The van der Waals surface area contributed by atoms with Crippen molar-refractivity contribution < 1.29 is 4.74 Å². The molecular weight excluding hydrogens is 360 g/mol. The van der Waals surface area contributed by atoms with Crippen molar-refractivity contribution in [2.24, 2.45) is 5.92 Å². The quantitative estimate of drug-likeness (QED) is 0.643. The predicted molar refractivity (Wildman–Crippen MR) is 117 cm³/mol. The maximum absolute atomic E-state index is 5.42. The second kappa shape index (κ2) is 9.41. The topological polar surface area (TPSA) is 50.3 Å². The maximum atomic E-state index is 5.42. The molecule has 2 aromatic carbocycles. The van der Waals surface area contributed by atoms with Crippen LogP contribution in [0.5, 0.6) is 5.75 Å². The Balaban J connectivity index is 1.33. The highest BCUT2D eigenvalue weighted by atomic mass is 16.5. The molecule has 0 spiro atoms. The number of piperidine rings is 1. The van der Waals surface area contributed by atoms with Crippen molar-refractivity contribution in [3.8, 4) is 5.75 Å². The van der Waals surface area contributed by atoms with Crippen LogP contribution in [0.25, 0.3) is 0 Å². The molecule has 0 bridgehead atoms. The van der Waals surface area contributed by atoms with Crippen molar-refractivity contribution in [2.45, 2.75) is 25.8 Å². The van der Waals surface area contributed by atoms with Crippen LogP contribution in [0.2, 0.25) is 0 Å². The average Bonchev–Trinajstić information content (AvgIpc) is 2.79. The van der Waals surface area contributed by atoms with Gasteiger partial charge in [-0.25, -0.2) is 9.97 Å². The third-order valence-electron chi connectivity index (χ3n) is 5.61. The van der Waals surface area contributed by atoms with Gasteiger partial charge in [0.05, 0.1) is 7.11 Å². The lowest BCUT2D eigenvalue weighted by atomic mass is 9.90. The molecule has 5 heteroatoms. The molecule has 1 N–H and O–H groups in total. The highest BCUT2D eigenvalue weighted by Gasteiger charge is 2.20. The summed E-state index contributed by atoms with van der Waals surface area (Å²) >= 11 is 0. The number of anilines is 2. The molecule has 1 aliphatic rings. The molecule has 1 saturated heterocycles. The molecule has 2 heterocycles. The van der Waals surface area contributed by atoms with Gasteiger partial charge in [0, 0.05) is 31.3 Å². The Labute approximate surface area is 172 Å². The third-order valence-corrected chi connectivity index (χ3v) is 5.61. The minimum atomic E-state index is 0.666. The number of ether oxygens (including phenoxy) is 1. The van der Waals surface area contributed by atoms with Crippen molar-refractivity contribution >= 4 is 11.6 Å². The van der Waals surface area contributed by atoms with Gasteiger partial charge in [0.25, 0.3) is 0 Å². The van der Waals surface area contributed by atoms with Gasteiger partial charge >= 0.3 is 0 Å². The monoisotopic (exact) mass is 388 g/mol. The highest BCUT2D eigenvalue weighted by molar-refractivity contribution is 5.49. The largest absolute Gasteiger partial charge is 0.496 e. The first-order valence-electron chi connectivity index (χ1n) is 10.3. The number of rotatable bonds is 7. The summed E-state index contributed by atoms with van der Waals surface area (Å²) in [4.78, 5) is 11.3. The van der Waals surface area contributed by atoms with E-state index in [9.17, 15) is 0 Å². The third kappa shape index (κ3) is 5.05. The van der Waals surface area contributed by atoms with Gasteiger partial charge in [-0.2, -0.15) is 0 Å². The van der Waals surface area contributed by atoms with Crippen LogP contribution in [-0.4, -0.2) is 30.2 Å². The Kier molecular flexibility index (Phi) is 6.25. The van der Waals surface area contributed by atoms with Crippen molar-refractivity contribution in [2.75, 3.05) is 30.4 Å². The molecule has 0 radical (unpaired) electrons. The van der Waals surface area contributed by atoms with Gasteiger partial charge in [-0.15, -0.1) is 0 Å². The molecule has 0 unspecified atom stereocenters. The van der Waals surface area contributed by atoms with Gasteiger partial charge < -0.3 is 15.0 Å². The number of para-hydroxylation sites is 1. The second-order valence-electron chi connectivity index (χ2n) is 7.55. The fourth-order valence-corrected chi connectivity index (χ4v) is 3.97. The maximum Gasteiger partial charge on any atom is 0.134 e. The lowest BCUT2D eigenvalue weighted by Gasteiger charge is -2.33. The van der Waals surface area contributed by atoms with Gasteiger partial charge in [0.15, 0.2) is 0 Å². The lowest BCUT2D eigenvalue weighted by Crippen LogP contribution is -2.34. The average molecular weight is 389 g/mol. The summed E-state index contributed by atoms with van der Waals surface area (Å²) in [7, 11) is 1.70. The summed E-state index contributed by atoms with van der Waals surface area (Å²) in [5.41, 5.74) is 2.55. The van der Waals surface area contributed by atoms with Crippen molar-refractivity contribution in [1.29, 1.82) is 0 Å². The van der Waals surface area contributed by atoms with E-state index in [0.717, 1.165) is 42.0 Å². The van der Waals surface area contributed by atoms with Crippen LogP contribution in [0, 0.1) is 5.92 Å². The zero-order valence-electron chi connectivity index (χ0n) is 16.9. The van der Waals surface area contributed by atoms with Crippen LogP contribution >= 0.6 is 0 Å². The number of methoxy groups -OCH3 is 1. The van der Waals surface area contributed by atoms with E-state index in [1.54, 1.807) is 13.4 Å². The van der Waals surface area contributed by atoms with Crippen LogP contribution in [0.1, 0.15) is 24.0 Å². The summed E-state index contributed by atoms with van der Waals surface area (Å²) in [5, 5.41) is 3.40. The zero-order valence-corrected chi connectivity index (χ0v) is 16.9. The van der Waals surface area contributed by atoms with Gasteiger partial charge in [0.1, 0.15) is 23.7 Å². The molecule has 0 aliphatic carbocycles. The molecule has 1 aliphatic heterocycles. The van der Waals surface area contributed by atoms with E-state index in [2.05, 4.69) is 56.6 Å². The van der Waals surface area contributed by atoms with Crippen LogP contribution in [-0.2, 0) is 13.0 Å². The molecule has 0 atom stereocenters. The molecule has 3 aromatic rings. The predicted octanol–water partition coefficient (Wildman–Crippen LogP) is 4.56. The van der Waals surface area contributed by atoms with E-state index in [1.807, 2.05) is 24.3 Å². The van der Waals surface area contributed by atoms with E-state index < -0.39 is 0 Å². The van der Waals surface area contributed by atoms with E-state index >= 15 is 0 Å². The zero-order chi connectivity index (χ0) is 19.9. The Morgan fingerprint density at radius 1 is 1.00 bits per heavy atom. The summed E-state index contributed by atoms with van der Waals surface area (Å²) in [6, 6.07) is 20.9. The molecule has 5 nitrogen and oxygen atoms in total. The number of nitrogens with one attached hydrogen (secondary N) is 1. The number of nitrogens with zero attached hydrogens (tertiary/aromatic N) is 3. The van der Waals surface area contributed by atoms with Crippen LogP contribution in [0.15, 0.2) is 67.0 Å². The van der Waals surface area contributed by atoms with E-state index in [1.165, 1.54) is 24.8 Å². The second-order valence-corrected chi connectivity index (χ2v) is 7.55. The minimum Gasteiger partial charge on any atom is -0.496 e. The first-order valence-corrected chi connectivity index (χ1v) is 10.3. The van der Waals surface area contributed by atoms with Gasteiger partial charge in [-0.1, -0.05) is 48.5 Å². The standard InChI is InChI=1S/C24H28N4O/c1-29-22-10-6-5-9-21(22)17-25-23-16-24(27-18-26-23)28-13-11-20(12-14-28)15-19-7-3-2-4-8-19/h2-10,16,18,20H,11-15,17H2,1H3,(H,25,26,27). The number of aromatic nitrogens is 2. The Bertz CT molecular complexity index is 908. The molecule has 0 amide bonds. The van der Waals surface area contributed by atoms with Crippen molar-refractivity contribution in [1.82, 2.24) is 9.97 Å². The number of hydrogen-bond donors (Lipinski definition) is 1. The number of hydrogen-bond acceptors (Lipinski definition) is 5. The fraction of sp³-hybridized carbons (Fsp3) is 0.333. The van der Waals surface area contributed by atoms with E-state index in [-0.39, 0.29) is 0 Å². The molecule has 29 heavy (non-hydrogen) atoms.